The van der Waals surface area contributed by atoms with Gasteiger partial charge in [-0.05, 0) is 53.7 Å². The van der Waals surface area contributed by atoms with Crippen LogP contribution in [0.15, 0.2) is 64.0 Å². The van der Waals surface area contributed by atoms with Gasteiger partial charge in [0, 0.05) is 42.6 Å². The first-order chi connectivity index (χ1) is 16.1. The van der Waals surface area contributed by atoms with Crippen LogP contribution in [0, 0.1) is 0 Å². The fourth-order valence-corrected chi connectivity index (χ4v) is 6.01. The second kappa shape index (κ2) is 9.85. The number of ether oxygens (including phenoxy) is 1. The number of methoxy groups -OCH3 is 1. The number of benzene rings is 3. The molecule has 0 bridgehead atoms. The van der Waals surface area contributed by atoms with Crippen LogP contribution < -0.4 is 14.4 Å². The molecule has 0 amide bonds. The van der Waals surface area contributed by atoms with E-state index in [1.54, 1.807) is 25.3 Å². The van der Waals surface area contributed by atoms with Crippen LogP contribution in [0.3, 0.4) is 0 Å². The van der Waals surface area contributed by atoms with Crippen molar-refractivity contribution in [2.24, 2.45) is 0 Å². The van der Waals surface area contributed by atoms with Gasteiger partial charge in [-0.3, -0.25) is 0 Å². The maximum absolute atomic E-state index is 13.3. The predicted octanol–water partition coefficient (Wildman–Crippen LogP) is 4.62. The molecule has 0 aromatic heterocycles. The van der Waals surface area contributed by atoms with Gasteiger partial charge in [-0.2, -0.15) is 0 Å². The van der Waals surface area contributed by atoms with Crippen molar-refractivity contribution >= 4 is 42.4 Å². The molecule has 0 aliphatic carbocycles. The molecule has 3 aromatic carbocycles. The second-order valence-corrected chi connectivity index (χ2v) is 12.2. The maximum atomic E-state index is 13.3. The minimum atomic E-state index is -3.71. The molecular weight excluding hydrogens is 514 g/mol. The van der Waals surface area contributed by atoms with Crippen LogP contribution in [0.4, 0.5) is 5.69 Å². The van der Waals surface area contributed by atoms with Gasteiger partial charge in [0.05, 0.1) is 17.7 Å². The number of hydrogen-bond donors (Lipinski definition) is 1. The number of fused-ring (bicyclic) bond motifs is 1. The average Bonchev–Trinajstić information content (AvgIpc) is 2.82. The van der Waals surface area contributed by atoms with E-state index in [9.17, 15) is 8.42 Å². The van der Waals surface area contributed by atoms with E-state index in [4.69, 9.17) is 4.74 Å². The molecule has 34 heavy (non-hydrogen) atoms. The van der Waals surface area contributed by atoms with Gasteiger partial charge in [0.25, 0.3) is 0 Å². The fourth-order valence-electron chi connectivity index (χ4n) is 4.42. The van der Waals surface area contributed by atoms with Crippen LogP contribution in [0.2, 0.25) is 0 Å². The van der Waals surface area contributed by atoms with E-state index < -0.39 is 15.4 Å². The summed E-state index contributed by atoms with van der Waals surface area (Å²) < 4.78 is 36.1. The molecule has 1 aliphatic heterocycles. The van der Waals surface area contributed by atoms with E-state index >= 15 is 0 Å². The number of anilines is 1. The molecule has 8 heteroatoms. The molecule has 0 radical (unpaired) electrons. The number of likely N-dealkylation sites (N-methyl/N-ethyl adjacent to an activating group) is 1. The summed E-state index contributed by atoms with van der Waals surface area (Å²) in [5.74, 6) is 0.685. The normalized spacial score (nSPS) is 15.6. The largest absolute Gasteiger partial charge is 0.495 e. The summed E-state index contributed by atoms with van der Waals surface area (Å²) in [6.45, 7) is 7.91. The first-order valence-electron chi connectivity index (χ1n) is 11.4. The first kappa shape index (κ1) is 25.0. The number of rotatable bonds is 7. The zero-order valence-corrected chi connectivity index (χ0v) is 22.5. The van der Waals surface area contributed by atoms with E-state index in [0.29, 0.717) is 5.75 Å². The quantitative estimate of drug-likeness (QED) is 0.469. The molecule has 1 aliphatic rings. The maximum Gasteiger partial charge on any atom is 0.240 e. The molecule has 1 saturated heterocycles. The highest BCUT2D eigenvalue weighted by atomic mass is 79.9. The molecule has 0 saturated carbocycles. The third-order valence-corrected chi connectivity index (χ3v) is 8.47. The number of sulfonamides is 1. The molecule has 1 fully saturated rings. The molecule has 0 unspecified atom stereocenters. The molecule has 4 rings (SSSR count). The smallest absolute Gasteiger partial charge is 0.240 e. The number of hydrogen-bond acceptors (Lipinski definition) is 5. The Morgan fingerprint density at radius 1 is 1.03 bits per heavy atom. The Kier molecular flexibility index (Phi) is 7.24. The van der Waals surface area contributed by atoms with Crippen molar-refractivity contribution in [3.05, 3.63) is 64.6 Å². The van der Waals surface area contributed by atoms with Crippen molar-refractivity contribution in [1.82, 2.24) is 9.62 Å². The highest BCUT2D eigenvalue weighted by Crippen LogP contribution is 2.34. The van der Waals surface area contributed by atoms with Gasteiger partial charge in [-0.25, -0.2) is 13.1 Å². The standard InChI is InChI=1S/C26H32BrN3O3S/c1-26(2,23-7-5-6-19-8-9-20(27)16-22(19)23)18-28-34(31,32)21-10-11-25(33-4)24(17-21)30-14-12-29(3)13-15-30/h5-11,16-17,28H,12-15,18H2,1-4H3. The molecule has 0 spiro atoms. The van der Waals surface area contributed by atoms with E-state index in [1.165, 1.54) is 0 Å². The van der Waals surface area contributed by atoms with Gasteiger partial charge in [0.2, 0.25) is 10.0 Å². The number of nitrogens with zero attached hydrogens (tertiary/aromatic N) is 2. The lowest BCUT2D eigenvalue weighted by Crippen LogP contribution is -2.44. The topological polar surface area (TPSA) is 61.9 Å². The Balaban J connectivity index is 1.59. The molecule has 0 atom stereocenters. The van der Waals surface area contributed by atoms with Crippen LogP contribution >= 0.6 is 15.9 Å². The third-order valence-electron chi connectivity index (χ3n) is 6.58. The Labute approximate surface area is 211 Å². The van der Waals surface area contributed by atoms with Crippen molar-refractivity contribution in [3.63, 3.8) is 0 Å². The van der Waals surface area contributed by atoms with E-state index in [0.717, 1.165) is 52.7 Å². The van der Waals surface area contributed by atoms with Crippen molar-refractivity contribution in [1.29, 1.82) is 0 Å². The lowest BCUT2D eigenvalue weighted by Gasteiger charge is -2.35. The molecule has 6 nitrogen and oxygen atoms in total. The molecule has 3 aromatic rings. The van der Waals surface area contributed by atoms with Gasteiger partial charge in [-0.1, -0.05) is 54.0 Å². The average molecular weight is 547 g/mol. The van der Waals surface area contributed by atoms with E-state index in [1.807, 2.05) is 12.1 Å². The minimum absolute atomic E-state index is 0.249. The number of halogens is 1. The van der Waals surface area contributed by atoms with Crippen LogP contribution in [0.5, 0.6) is 5.75 Å². The van der Waals surface area contributed by atoms with Gasteiger partial charge in [-0.15, -0.1) is 0 Å². The lowest BCUT2D eigenvalue weighted by molar-refractivity contribution is 0.311. The van der Waals surface area contributed by atoms with E-state index in [2.05, 4.69) is 75.6 Å². The Hall–Kier alpha value is -2.13. The summed E-state index contributed by atoms with van der Waals surface area (Å²) >= 11 is 3.56. The van der Waals surface area contributed by atoms with Gasteiger partial charge in [0.1, 0.15) is 5.75 Å². The SMILES string of the molecule is COc1ccc(S(=O)(=O)NCC(C)(C)c2cccc3ccc(Br)cc23)cc1N1CCN(C)CC1. The van der Waals surface area contributed by atoms with Crippen molar-refractivity contribution in [2.75, 3.05) is 51.8 Å². The predicted molar refractivity (Wildman–Crippen MR) is 143 cm³/mol. The summed E-state index contributed by atoms with van der Waals surface area (Å²) in [7, 11) is -0.00126. The molecular formula is C26H32BrN3O3S. The molecule has 1 N–H and O–H groups in total. The fraction of sp³-hybridized carbons (Fsp3) is 0.385. The van der Waals surface area contributed by atoms with E-state index in [-0.39, 0.29) is 11.4 Å². The highest BCUT2D eigenvalue weighted by Gasteiger charge is 2.27. The van der Waals surface area contributed by atoms with Crippen LogP contribution in [-0.2, 0) is 15.4 Å². The molecule has 182 valence electrons. The number of piperazine rings is 1. The summed E-state index contributed by atoms with van der Waals surface area (Å²) in [6.07, 6.45) is 0. The second-order valence-electron chi connectivity index (χ2n) is 9.50. The highest BCUT2D eigenvalue weighted by molar-refractivity contribution is 9.10. The van der Waals surface area contributed by atoms with Crippen LogP contribution in [0.25, 0.3) is 10.8 Å². The summed E-state index contributed by atoms with van der Waals surface area (Å²) in [5.41, 5.74) is 1.50. The lowest BCUT2D eigenvalue weighted by atomic mass is 9.82. The van der Waals surface area contributed by atoms with Gasteiger partial charge in [0.15, 0.2) is 0 Å². The van der Waals surface area contributed by atoms with Gasteiger partial charge < -0.3 is 14.5 Å². The van der Waals surface area contributed by atoms with Crippen molar-refractivity contribution in [3.8, 4) is 5.75 Å². The number of nitrogens with one attached hydrogen (secondary N) is 1. The zero-order chi connectivity index (χ0) is 24.5. The van der Waals surface area contributed by atoms with Crippen molar-refractivity contribution < 1.29 is 13.2 Å². The van der Waals surface area contributed by atoms with Gasteiger partial charge >= 0.3 is 0 Å². The summed E-state index contributed by atoms with van der Waals surface area (Å²) in [5, 5.41) is 2.24. The van der Waals surface area contributed by atoms with Crippen LogP contribution in [0.1, 0.15) is 19.4 Å². The molecule has 1 heterocycles. The minimum Gasteiger partial charge on any atom is -0.495 e. The summed E-state index contributed by atoms with van der Waals surface area (Å²) in [6, 6.07) is 17.4. The Bertz CT molecular complexity index is 1290. The van der Waals surface area contributed by atoms with Crippen LogP contribution in [-0.4, -0.2) is 60.2 Å². The zero-order valence-electron chi connectivity index (χ0n) is 20.1. The Morgan fingerprint density at radius 3 is 2.47 bits per heavy atom. The third kappa shape index (κ3) is 5.25. The summed E-state index contributed by atoms with van der Waals surface area (Å²) in [4.78, 5) is 4.70. The monoisotopic (exact) mass is 545 g/mol. The Morgan fingerprint density at radius 2 is 1.76 bits per heavy atom. The van der Waals surface area contributed by atoms with Crippen molar-refractivity contribution in [2.45, 2.75) is 24.2 Å². The first-order valence-corrected chi connectivity index (χ1v) is 13.7.